The van der Waals surface area contributed by atoms with E-state index in [-0.39, 0.29) is 24.9 Å². The lowest BCUT2D eigenvalue weighted by Gasteiger charge is -2.11. The first-order valence-electron chi connectivity index (χ1n) is 5.96. The van der Waals surface area contributed by atoms with Gasteiger partial charge in [-0.15, -0.1) is 5.10 Å². The Bertz CT molecular complexity index is 722. The Morgan fingerprint density at radius 1 is 1.23 bits per heavy atom. The number of benzene rings is 1. The van der Waals surface area contributed by atoms with Crippen molar-refractivity contribution < 1.29 is 13.2 Å². The van der Waals surface area contributed by atoms with E-state index >= 15 is 0 Å². The van der Waals surface area contributed by atoms with Gasteiger partial charge in [-0.25, -0.2) is 4.68 Å². The highest BCUT2D eigenvalue weighted by atomic mass is 79.9. The summed E-state index contributed by atoms with van der Waals surface area (Å²) in [6, 6.07) is 1.64. The Labute approximate surface area is 150 Å². The van der Waals surface area contributed by atoms with Crippen molar-refractivity contribution in [1.29, 1.82) is 0 Å². The molecular weight excluding hydrogens is 474 g/mol. The van der Waals surface area contributed by atoms with Crippen LogP contribution in [0.2, 0.25) is 10.0 Å². The molecule has 22 heavy (non-hydrogen) atoms. The Balaban J connectivity index is 1.99. The predicted molar refractivity (Wildman–Crippen MR) is 84.3 cm³/mol. The Hall–Kier alpha value is -0.310. The Morgan fingerprint density at radius 3 is 2.23 bits per heavy atom. The zero-order chi connectivity index (χ0) is 16.3. The molecular formula is C12H6Br2Cl2F3N3. The summed E-state index contributed by atoms with van der Waals surface area (Å²) in [5, 5.41) is 7.63. The molecule has 1 atom stereocenters. The molecule has 1 heterocycles. The summed E-state index contributed by atoms with van der Waals surface area (Å²) in [4.78, 5) is 0. The molecule has 118 valence electrons. The molecule has 1 unspecified atom stereocenters. The quantitative estimate of drug-likeness (QED) is 0.527. The molecule has 1 aromatic heterocycles. The van der Waals surface area contributed by atoms with Gasteiger partial charge in [-0.1, -0.05) is 60.3 Å². The van der Waals surface area contributed by atoms with Gasteiger partial charge in [-0.05, 0) is 18.6 Å². The van der Waals surface area contributed by atoms with Crippen LogP contribution in [-0.2, 0) is 6.18 Å². The number of aromatic nitrogens is 3. The van der Waals surface area contributed by atoms with Gasteiger partial charge in [0.2, 0.25) is 0 Å². The van der Waals surface area contributed by atoms with E-state index in [1.165, 1.54) is 4.68 Å². The van der Waals surface area contributed by atoms with Crippen LogP contribution in [0.5, 0.6) is 0 Å². The second-order valence-electron chi connectivity index (χ2n) is 4.89. The van der Waals surface area contributed by atoms with E-state index in [4.69, 9.17) is 23.2 Å². The first kappa shape index (κ1) is 16.5. The lowest BCUT2D eigenvalue weighted by Crippen LogP contribution is -2.07. The summed E-state index contributed by atoms with van der Waals surface area (Å²) in [5.74, 6) is 0.133. The largest absolute Gasteiger partial charge is 0.416 e. The highest BCUT2D eigenvalue weighted by Gasteiger charge is 2.52. The van der Waals surface area contributed by atoms with Crippen LogP contribution in [0.25, 0.3) is 5.69 Å². The number of rotatable bonds is 2. The molecule has 0 spiro atoms. The monoisotopic (exact) mass is 477 g/mol. The number of hydrogen-bond donors (Lipinski definition) is 0. The molecule has 1 aliphatic carbocycles. The smallest absolute Gasteiger partial charge is 0.217 e. The maximum absolute atomic E-state index is 12.7. The normalized spacial score (nSPS) is 20.2. The predicted octanol–water partition coefficient (Wildman–Crippen LogP) is 5.57. The fourth-order valence-corrected chi connectivity index (χ4v) is 3.80. The van der Waals surface area contributed by atoms with E-state index in [1.54, 1.807) is 6.20 Å². The standard InChI is InChI=1S/C12H6Br2Cl2F3N3/c13-11(14)3-6(11)9-4-22(21-20-9)10-7(15)1-5(2-8(10)16)12(17,18)19/h1-2,4,6H,3H2. The first-order valence-corrected chi connectivity index (χ1v) is 8.30. The summed E-state index contributed by atoms with van der Waals surface area (Å²) in [7, 11) is 0. The number of nitrogens with zero attached hydrogens (tertiary/aromatic N) is 3. The minimum atomic E-state index is -4.52. The molecule has 0 aliphatic heterocycles. The fraction of sp³-hybridized carbons (Fsp3) is 0.333. The molecule has 0 amide bonds. The van der Waals surface area contributed by atoms with E-state index in [0.717, 1.165) is 18.6 Å². The molecule has 1 aliphatic rings. The van der Waals surface area contributed by atoms with Gasteiger partial charge in [0.05, 0.1) is 30.7 Å². The SMILES string of the molecule is FC(F)(F)c1cc(Cl)c(-n2cc(C3CC3(Br)Br)nn2)c(Cl)c1. The molecule has 0 radical (unpaired) electrons. The van der Waals surface area contributed by atoms with Crippen molar-refractivity contribution in [2.24, 2.45) is 0 Å². The molecule has 1 saturated carbocycles. The minimum Gasteiger partial charge on any atom is -0.217 e. The third-order valence-corrected chi connectivity index (χ3v) is 5.60. The van der Waals surface area contributed by atoms with Crippen LogP contribution in [-0.4, -0.2) is 18.2 Å². The molecule has 0 N–H and O–H groups in total. The number of hydrogen-bond acceptors (Lipinski definition) is 2. The highest BCUT2D eigenvalue weighted by molar-refractivity contribution is 9.25. The maximum atomic E-state index is 12.7. The van der Waals surface area contributed by atoms with Crippen LogP contribution < -0.4 is 0 Å². The van der Waals surface area contributed by atoms with Gasteiger partial charge >= 0.3 is 6.18 Å². The summed E-state index contributed by atoms with van der Waals surface area (Å²) >= 11 is 18.8. The molecule has 1 aromatic carbocycles. The maximum Gasteiger partial charge on any atom is 0.416 e. The number of halogens is 7. The van der Waals surface area contributed by atoms with Crippen LogP contribution in [0.15, 0.2) is 18.3 Å². The lowest BCUT2D eigenvalue weighted by molar-refractivity contribution is -0.137. The van der Waals surface area contributed by atoms with Crippen LogP contribution in [0.3, 0.4) is 0 Å². The highest BCUT2D eigenvalue weighted by Crippen LogP contribution is 2.61. The second kappa shape index (κ2) is 5.36. The van der Waals surface area contributed by atoms with Crippen molar-refractivity contribution in [3.8, 4) is 5.69 Å². The van der Waals surface area contributed by atoms with Gasteiger partial charge in [-0.2, -0.15) is 13.2 Å². The van der Waals surface area contributed by atoms with Crippen molar-refractivity contribution in [2.75, 3.05) is 0 Å². The molecule has 3 rings (SSSR count). The van der Waals surface area contributed by atoms with E-state index < -0.39 is 11.7 Å². The average molecular weight is 480 g/mol. The third kappa shape index (κ3) is 3.02. The molecule has 1 fully saturated rings. The van der Waals surface area contributed by atoms with Crippen molar-refractivity contribution in [3.05, 3.63) is 39.6 Å². The van der Waals surface area contributed by atoms with Crippen molar-refractivity contribution in [2.45, 2.75) is 21.7 Å². The van der Waals surface area contributed by atoms with Gasteiger partial charge in [-0.3, -0.25) is 0 Å². The zero-order valence-corrected chi connectivity index (χ0v) is 15.2. The average Bonchev–Trinajstić information content (AvgIpc) is 2.82. The van der Waals surface area contributed by atoms with E-state index in [9.17, 15) is 13.2 Å². The summed E-state index contributed by atoms with van der Waals surface area (Å²) in [5.41, 5.74) is -0.0417. The van der Waals surface area contributed by atoms with Crippen molar-refractivity contribution in [3.63, 3.8) is 0 Å². The summed E-state index contributed by atoms with van der Waals surface area (Å²) < 4.78 is 39.3. The summed E-state index contributed by atoms with van der Waals surface area (Å²) in [6.45, 7) is 0. The molecule has 0 saturated heterocycles. The fourth-order valence-electron chi connectivity index (χ4n) is 2.03. The van der Waals surface area contributed by atoms with Crippen LogP contribution in [0.1, 0.15) is 23.6 Å². The second-order valence-corrected chi connectivity index (χ2v) is 9.60. The van der Waals surface area contributed by atoms with E-state index in [1.807, 2.05) is 0 Å². The molecule has 3 nitrogen and oxygen atoms in total. The lowest BCUT2D eigenvalue weighted by atomic mass is 10.2. The van der Waals surface area contributed by atoms with Gasteiger partial charge in [0.15, 0.2) is 0 Å². The van der Waals surface area contributed by atoms with Gasteiger partial charge in [0, 0.05) is 5.92 Å². The molecule has 10 heteroatoms. The Kier molecular flexibility index (Phi) is 4.03. The van der Waals surface area contributed by atoms with Gasteiger partial charge < -0.3 is 0 Å². The van der Waals surface area contributed by atoms with E-state index in [0.29, 0.717) is 5.69 Å². The number of alkyl halides is 5. The van der Waals surface area contributed by atoms with Crippen LogP contribution in [0.4, 0.5) is 13.2 Å². The Morgan fingerprint density at radius 2 is 1.77 bits per heavy atom. The van der Waals surface area contributed by atoms with E-state index in [2.05, 4.69) is 42.2 Å². The molecule has 0 bridgehead atoms. The van der Waals surface area contributed by atoms with Crippen molar-refractivity contribution in [1.82, 2.24) is 15.0 Å². The molecule has 2 aromatic rings. The van der Waals surface area contributed by atoms with Gasteiger partial charge in [0.1, 0.15) is 5.69 Å². The van der Waals surface area contributed by atoms with Crippen LogP contribution >= 0.6 is 55.1 Å². The third-order valence-electron chi connectivity index (χ3n) is 3.27. The van der Waals surface area contributed by atoms with Gasteiger partial charge in [0.25, 0.3) is 0 Å². The minimum absolute atomic E-state index is 0.133. The van der Waals surface area contributed by atoms with Crippen molar-refractivity contribution >= 4 is 55.1 Å². The first-order chi connectivity index (χ1) is 10.1. The van der Waals surface area contributed by atoms with Crippen LogP contribution in [0, 0.1) is 0 Å². The topological polar surface area (TPSA) is 30.7 Å². The zero-order valence-electron chi connectivity index (χ0n) is 10.5. The summed E-state index contributed by atoms with van der Waals surface area (Å²) in [6.07, 6.45) is -2.08.